The minimum atomic E-state index is -4.53. The zero-order valence-corrected chi connectivity index (χ0v) is 17.3. The van der Waals surface area contributed by atoms with Crippen LogP contribution in [0.5, 0.6) is 5.75 Å². The lowest BCUT2D eigenvalue weighted by Gasteiger charge is -2.12. The van der Waals surface area contributed by atoms with Crippen molar-refractivity contribution in [3.05, 3.63) is 65.4 Å². The second-order valence-corrected chi connectivity index (χ2v) is 7.39. The molecule has 5 nitrogen and oxygen atoms in total. The van der Waals surface area contributed by atoms with Gasteiger partial charge < -0.3 is 10.1 Å². The van der Waals surface area contributed by atoms with Crippen LogP contribution in [0.1, 0.15) is 12.5 Å². The van der Waals surface area contributed by atoms with Crippen LogP contribution in [-0.2, 0) is 11.0 Å². The summed E-state index contributed by atoms with van der Waals surface area (Å²) in [7, 11) is 0. The fourth-order valence-electron chi connectivity index (χ4n) is 2.58. The molecule has 3 aromatic rings. The van der Waals surface area contributed by atoms with Crippen LogP contribution in [0.15, 0.2) is 60.0 Å². The number of nitrogens with one attached hydrogen (secondary N) is 1. The van der Waals surface area contributed by atoms with Crippen molar-refractivity contribution in [1.82, 2.24) is 9.55 Å². The lowest BCUT2D eigenvalue weighted by atomic mass is 10.2. The van der Waals surface area contributed by atoms with Crippen LogP contribution in [0, 0.1) is 0 Å². The molecule has 0 spiro atoms. The number of amides is 1. The van der Waals surface area contributed by atoms with Gasteiger partial charge in [0, 0.05) is 18.1 Å². The van der Waals surface area contributed by atoms with Crippen molar-refractivity contribution in [2.45, 2.75) is 18.3 Å². The first-order valence-electron chi connectivity index (χ1n) is 8.84. The van der Waals surface area contributed by atoms with Gasteiger partial charge in [-0.1, -0.05) is 23.4 Å². The number of rotatable bonds is 7. The Bertz CT molecular complexity index is 1020. The number of carbonyl (C=O) groups excluding carboxylic acids is 1. The number of carbonyl (C=O) groups is 1. The SMILES string of the molecule is CCOc1ccc(-n2ccnc2SCC(=O)Nc2cc(C(F)(F)F)ccc2Cl)cc1. The molecule has 1 aromatic heterocycles. The molecule has 1 heterocycles. The lowest BCUT2D eigenvalue weighted by molar-refractivity contribution is -0.137. The molecule has 0 fully saturated rings. The molecule has 1 N–H and O–H groups in total. The highest BCUT2D eigenvalue weighted by atomic mass is 35.5. The van der Waals surface area contributed by atoms with Gasteiger partial charge in [-0.2, -0.15) is 13.2 Å². The van der Waals surface area contributed by atoms with Gasteiger partial charge in [-0.05, 0) is 49.4 Å². The van der Waals surface area contributed by atoms with Crippen molar-refractivity contribution in [2.75, 3.05) is 17.7 Å². The van der Waals surface area contributed by atoms with Gasteiger partial charge in [-0.3, -0.25) is 9.36 Å². The zero-order valence-electron chi connectivity index (χ0n) is 15.7. The molecule has 30 heavy (non-hydrogen) atoms. The Morgan fingerprint density at radius 3 is 2.63 bits per heavy atom. The van der Waals surface area contributed by atoms with E-state index in [0.29, 0.717) is 11.8 Å². The number of alkyl halides is 3. The summed E-state index contributed by atoms with van der Waals surface area (Å²) in [4.78, 5) is 16.5. The van der Waals surface area contributed by atoms with Crippen LogP contribution < -0.4 is 10.1 Å². The summed E-state index contributed by atoms with van der Waals surface area (Å²) in [5.74, 6) is 0.191. The number of halogens is 4. The standard InChI is InChI=1S/C20H17ClF3N3O2S/c1-2-29-15-6-4-14(5-7-15)27-10-9-25-19(27)30-12-18(28)26-17-11-13(20(22,23)24)3-8-16(17)21/h3-11H,2,12H2,1H3,(H,26,28). The van der Waals surface area contributed by atoms with E-state index in [9.17, 15) is 18.0 Å². The number of imidazole rings is 1. The van der Waals surface area contributed by atoms with Gasteiger partial charge >= 0.3 is 6.18 Å². The maximum Gasteiger partial charge on any atom is 0.416 e. The van der Waals surface area contributed by atoms with Crippen LogP contribution in [0.2, 0.25) is 5.02 Å². The van der Waals surface area contributed by atoms with E-state index in [4.69, 9.17) is 16.3 Å². The second kappa shape index (κ2) is 9.44. The monoisotopic (exact) mass is 455 g/mol. The van der Waals surface area contributed by atoms with E-state index < -0.39 is 17.6 Å². The Kier molecular flexibility index (Phi) is 6.94. The van der Waals surface area contributed by atoms with E-state index in [0.717, 1.165) is 41.4 Å². The van der Waals surface area contributed by atoms with Gasteiger partial charge in [0.25, 0.3) is 0 Å². The topological polar surface area (TPSA) is 56.2 Å². The van der Waals surface area contributed by atoms with E-state index in [-0.39, 0.29) is 16.5 Å². The number of aromatic nitrogens is 2. The first-order valence-corrected chi connectivity index (χ1v) is 10.2. The van der Waals surface area contributed by atoms with E-state index in [1.165, 1.54) is 0 Å². The van der Waals surface area contributed by atoms with E-state index in [1.807, 2.05) is 31.2 Å². The van der Waals surface area contributed by atoms with Crippen LogP contribution in [0.25, 0.3) is 5.69 Å². The Morgan fingerprint density at radius 1 is 1.23 bits per heavy atom. The smallest absolute Gasteiger partial charge is 0.416 e. The number of benzene rings is 2. The fourth-order valence-corrected chi connectivity index (χ4v) is 3.51. The van der Waals surface area contributed by atoms with Gasteiger partial charge in [-0.15, -0.1) is 0 Å². The maximum atomic E-state index is 12.9. The van der Waals surface area contributed by atoms with Gasteiger partial charge in [0.1, 0.15) is 5.75 Å². The summed E-state index contributed by atoms with van der Waals surface area (Å²) >= 11 is 7.06. The van der Waals surface area contributed by atoms with Gasteiger partial charge in [0.05, 0.1) is 28.6 Å². The third-order valence-corrected chi connectivity index (χ3v) is 5.23. The Labute approximate surface area is 180 Å². The van der Waals surface area contributed by atoms with Crippen LogP contribution in [-0.4, -0.2) is 27.8 Å². The van der Waals surface area contributed by atoms with Crippen molar-refractivity contribution >= 4 is 35.0 Å². The molecule has 0 aliphatic rings. The molecule has 0 radical (unpaired) electrons. The average Bonchev–Trinajstić information content (AvgIpc) is 3.17. The maximum absolute atomic E-state index is 12.9. The molecule has 0 aliphatic heterocycles. The summed E-state index contributed by atoms with van der Waals surface area (Å²) in [6, 6.07) is 10.2. The summed E-state index contributed by atoms with van der Waals surface area (Å²) < 4.78 is 45.8. The highest BCUT2D eigenvalue weighted by Crippen LogP contribution is 2.34. The molecule has 0 saturated carbocycles. The molecule has 0 aliphatic carbocycles. The normalized spacial score (nSPS) is 11.4. The van der Waals surface area contributed by atoms with E-state index in [2.05, 4.69) is 10.3 Å². The summed E-state index contributed by atoms with van der Waals surface area (Å²) in [5.41, 5.74) is -0.146. The third kappa shape index (κ3) is 5.48. The number of nitrogens with zero attached hydrogens (tertiary/aromatic N) is 2. The minimum absolute atomic E-state index is 0.0252. The van der Waals surface area contributed by atoms with Gasteiger partial charge in [0.15, 0.2) is 5.16 Å². The van der Waals surface area contributed by atoms with Crippen LogP contribution in [0.4, 0.5) is 18.9 Å². The molecular formula is C20H17ClF3N3O2S. The summed E-state index contributed by atoms with van der Waals surface area (Å²) in [5, 5.41) is 3.01. The van der Waals surface area contributed by atoms with E-state index >= 15 is 0 Å². The van der Waals surface area contributed by atoms with Gasteiger partial charge in [0.2, 0.25) is 5.91 Å². The number of ether oxygens (including phenoxy) is 1. The molecule has 0 atom stereocenters. The fraction of sp³-hybridized carbons (Fsp3) is 0.200. The molecule has 1 amide bonds. The first kappa shape index (κ1) is 22.0. The summed E-state index contributed by atoms with van der Waals surface area (Å²) in [6.45, 7) is 2.46. The van der Waals surface area contributed by atoms with Crippen LogP contribution in [0.3, 0.4) is 0 Å². The van der Waals surface area contributed by atoms with Crippen molar-refractivity contribution in [3.63, 3.8) is 0 Å². The molecular weight excluding hydrogens is 439 g/mol. The van der Waals surface area contributed by atoms with Crippen molar-refractivity contribution < 1.29 is 22.7 Å². The van der Waals surface area contributed by atoms with Crippen molar-refractivity contribution in [3.8, 4) is 11.4 Å². The van der Waals surface area contributed by atoms with E-state index in [1.54, 1.807) is 17.0 Å². The largest absolute Gasteiger partial charge is 0.494 e. The Morgan fingerprint density at radius 2 is 1.97 bits per heavy atom. The molecule has 3 rings (SSSR count). The number of hydrogen-bond donors (Lipinski definition) is 1. The molecule has 2 aromatic carbocycles. The van der Waals surface area contributed by atoms with Crippen LogP contribution >= 0.6 is 23.4 Å². The second-order valence-electron chi connectivity index (χ2n) is 6.04. The predicted molar refractivity (Wildman–Crippen MR) is 111 cm³/mol. The average molecular weight is 456 g/mol. The third-order valence-electron chi connectivity index (χ3n) is 3.93. The molecule has 10 heteroatoms. The quantitative estimate of drug-likeness (QED) is 0.466. The zero-order chi connectivity index (χ0) is 21.7. The van der Waals surface area contributed by atoms with Gasteiger partial charge in [-0.25, -0.2) is 4.98 Å². The summed E-state index contributed by atoms with van der Waals surface area (Å²) in [6.07, 6.45) is -1.18. The number of thioether (sulfide) groups is 1. The predicted octanol–water partition coefficient (Wildman–Crippen LogP) is 5.67. The highest BCUT2D eigenvalue weighted by Gasteiger charge is 2.31. The Balaban J connectivity index is 1.66. The number of anilines is 1. The molecule has 158 valence electrons. The Hall–Kier alpha value is -2.65. The highest BCUT2D eigenvalue weighted by molar-refractivity contribution is 7.99. The minimum Gasteiger partial charge on any atom is -0.494 e. The number of hydrogen-bond acceptors (Lipinski definition) is 4. The molecule has 0 saturated heterocycles. The first-order chi connectivity index (χ1) is 14.3. The lowest BCUT2D eigenvalue weighted by Crippen LogP contribution is -2.16. The van der Waals surface area contributed by atoms with Crippen molar-refractivity contribution in [1.29, 1.82) is 0 Å². The molecule has 0 bridgehead atoms. The molecule has 0 unspecified atom stereocenters. The van der Waals surface area contributed by atoms with Crippen molar-refractivity contribution in [2.24, 2.45) is 0 Å².